The number of nitrogens with zero attached hydrogens (tertiary/aromatic N) is 4. The SMILES string of the molecule is O=C(c1cn2cccc(O)c2n1)N1CCN(C/C=C/c2ccccc2)CC1. The van der Waals surface area contributed by atoms with Gasteiger partial charge in [-0.1, -0.05) is 42.5 Å². The quantitative estimate of drug-likeness (QED) is 0.775. The highest BCUT2D eigenvalue weighted by atomic mass is 16.3. The summed E-state index contributed by atoms with van der Waals surface area (Å²) in [5, 5.41) is 9.85. The van der Waals surface area contributed by atoms with E-state index in [1.807, 2.05) is 23.1 Å². The second-order valence-electron chi connectivity index (χ2n) is 6.66. The maximum absolute atomic E-state index is 12.7. The van der Waals surface area contributed by atoms with E-state index in [4.69, 9.17) is 0 Å². The lowest BCUT2D eigenvalue weighted by atomic mass is 10.2. The molecular weight excluding hydrogens is 340 g/mol. The van der Waals surface area contributed by atoms with Crippen LogP contribution < -0.4 is 0 Å². The summed E-state index contributed by atoms with van der Waals surface area (Å²) in [6.45, 7) is 3.90. The zero-order chi connectivity index (χ0) is 18.6. The van der Waals surface area contributed by atoms with Gasteiger partial charge < -0.3 is 14.4 Å². The molecule has 1 amide bonds. The number of benzene rings is 1. The number of carbonyl (C=O) groups excluding carboxylic acids is 1. The molecule has 138 valence electrons. The van der Waals surface area contributed by atoms with Crippen LogP contribution in [0.5, 0.6) is 5.75 Å². The highest BCUT2D eigenvalue weighted by Gasteiger charge is 2.23. The molecule has 27 heavy (non-hydrogen) atoms. The topological polar surface area (TPSA) is 61.1 Å². The summed E-state index contributed by atoms with van der Waals surface area (Å²) in [6.07, 6.45) is 7.74. The Morgan fingerprint density at radius 2 is 1.85 bits per heavy atom. The van der Waals surface area contributed by atoms with Gasteiger partial charge in [0.15, 0.2) is 11.4 Å². The summed E-state index contributed by atoms with van der Waals surface area (Å²) in [6, 6.07) is 13.5. The van der Waals surface area contributed by atoms with Gasteiger partial charge in [-0.15, -0.1) is 0 Å². The Hall–Kier alpha value is -3.12. The number of amides is 1. The molecule has 0 saturated carbocycles. The van der Waals surface area contributed by atoms with Crippen molar-refractivity contribution in [1.29, 1.82) is 0 Å². The van der Waals surface area contributed by atoms with Crippen molar-refractivity contribution in [3.8, 4) is 5.75 Å². The smallest absolute Gasteiger partial charge is 0.274 e. The minimum Gasteiger partial charge on any atom is -0.504 e. The number of fused-ring (bicyclic) bond motifs is 1. The van der Waals surface area contributed by atoms with Gasteiger partial charge in [-0.3, -0.25) is 9.69 Å². The molecule has 3 aromatic rings. The lowest BCUT2D eigenvalue weighted by Gasteiger charge is -2.33. The van der Waals surface area contributed by atoms with Gasteiger partial charge in [0.25, 0.3) is 5.91 Å². The van der Waals surface area contributed by atoms with Crippen LogP contribution in [-0.2, 0) is 0 Å². The molecule has 0 bridgehead atoms. The largest absolute Gasteiger partial charge is 0.504 e. The van der Waals surface area contributed by atoms with Crippen molar-refractivity contribution in [2.75, 3.05) is 32.7 Å². The summed E-state index contributed by atoms with van der Waals surface area (Å²) < 4.78 is 1.67. The minimum atomic E-state index is -0.0856. The van der Waals surface area contributed by atoms with Crippen molar-refractivity contribution in [3.05, 3.63) is 72.2 Å². The van der Waals surface area contributed by atoms with Crippen LogP contribution >= 0.6 is 0 Å². The van der Waals surface area contributed by atoms with Crippen molar-refractivity contribution < 1.29 is 9.90 Å². The maximum atomic E-state index is 12.7. The van der Waals surface area contributed by atoms with Crippen molar-refractivity contribution in [2.45, 2.75) is 0 Å². The fraction of sp³-hybridized carbons (Fsp3) is 0.238. The molecule has 0 aliphatic carbocycles. The maximum Gasteiger partial charge on any atom is 0.274 e. The highest BCUT2D eigenvalue weighted by Crippen LogP contribution is 2.18. The summed E-state index contributed by atoms with van der Waals surface area (Å²) in [5.74, 6) is -0.0100. The molecule has 0 atom stereocenters. The highest BCUT2D eigenvalue weighted by molar-refractivity contribution is 5.93. The summed E-state index contributed by atoms with van der Waals surface area (Å²) >= 11 is 0. The van der Waals surface area contributed by atoms with Crippen LogP contribution in [0.4, 0.5) is 0 Å². The van der Waals surface area contributed by atoms with Crippen molar-refractivity contribution >= 4 is 17.6 Å². The number of rotatable bonds is 4. The fourth-order valence-corrected chi connectivity index (χ4v) is 3.30. The van der Waals surface area contributed by atoms with Crippen LogP contribution in [0.1, 0.15) is 16.1 Å². The number of carbonyl (C=O) groups is 1. The van der Waals surface area contributed by atoms with E-state index < -0.39 is 0 Å². The molecule has 0 radical (unpaired) electrons. The minimum absolute atomic E-state index is 0.0755. The van der Waals surface area contributed by atoms with Gasteiger partial charge in [-0.05, 0) is 17.7 Å². The van der Waals surface area contributed by atoms with Gasteiger partial charge in [-0.25, -0.2) is 4.98 Å². The molecule has 6 heteroatoms. The Morgan fingerprint density at radius 1 is 1.07 bits per heavy atom. The first kappa shape index (κ1) is 17.3. The molecule has 1 saturated heterocycles. The van der Waals surface area contributed by atoms with Gasteiger partial charge in [0, 0.05) is 45.1 Å². The zero-order valence-corrected chi connectivity index (χ0v) is 15.0. The molecule has 1 aliphatic rings. The third-order valence-corrected chi connectivity index (χ3v) is 4.81. The van der Waals surface area contributed by atoms with Crippen LogP contribution in [0.15, 0.2) is 60.9 Å². The number of pyridine rings is 1. The van der Waals surface area contributed by atoms with E-state index in [0.717, 1.165) is 19.6 Å². The molecule has 1 aliphatic heterocycles. The van der Waals surface area contributed by atoms with E-state index in [2.05, 4.69) is 34.2 Å². The molecule has 4 rings (SSSR count). The van der Waals surface area contributed by atoms with E-state index in [0.29, 0.717) is 24.4 Å². The van der Waals surface area contributed by atoms with Crippen molar-refractivity contribution in [2.24, 2.45) is 0 Å². The van der Waals surface area contributed by atoms with Crippen LogP contribution in [-0.4, -0.2) is 62.9 Å². The van der Waals surface area contributed by atoms with Crippen LogP contribution in [0, 0.1) is 0 Å². The van der Waals surface area contributed by atoms with Gasteiger partial charge >= 0.3 is 0 Å². The molecule has 0 unspecified atom stereocenters. The van der Waals surface area contributed by atoms with Gasteiger partial charge in [0.05, 0.1) is 0 Å². The number of aromatic hydroxyl groups is 1. The molecule has 1 N–H and O–H groups in total. The Kier molecular flexibility index (Phi) is 4.89. The van der Waals surface area contributed by atoms with Gasteiger partial charge in [0.1, 0.15) is 5.69 Å². The zero-order valence-electron chi connectivity index (χ0n) is 15.0. The Balaban J connectivity index is 1.33. The van der Waals surface area contributed by atoms with E-state index in [1.54, 1.807) is 28.9 Å². The standard InChI is InChI=1S/C21H22N4O2/c26-19-9-5-11-25-16-18(22-20(19)25)21(27)24-14-12-23(13-15-24)10-4-8-17-6-2-1-3-7-17/h1-9,11,16,26H,10,12-15H2/b8-4+. The van der Waals surface area contributed by atoms with Crippen LogP contribution in [0.25, 0.3) is 11.7 Å². The van der Waals surface area contributed by atoms with Crippen molar-refractivity contribution in [3.63, 3.8) is 0 Å². The van der Waals surface area contributed by atoms with Crippen molar-refractivity contribution in [1.82, 2.24) is 19.2 Å². The Bertz CT molecular complexity index is 957. The van der Waals surface area contributed by atoms with Crippen LogP contribution in [0.3, 0.4) is 0 Å². The van der Waals surface area contributed by atoms with E-state index in [-0.39, 0.29) is 11.7 Å². The Morgan fingerprint density at radius 3 is 2.59 bits per heavy atom. The summed E-state index contributed by atoms with van der Waals surface area (Å²) in [4.78, 5) is 21.2. The normalized spacial score (nSPS) is 15.6. The average molecular weight is 362 g/mol. The van der Waals surface area contributed by atoms with Gasteiger partial charge in [-0.2, -0.15) is 0 Å². The third-order valence-electron chi connectivity index (χ3n) is 4.81. The second kappa shape index (κ2) is 7.63. The summed E-state index contributed by atoms with van der Waals surface area (Å²) in [5.41, 5.74) is 1.97. The lowest BCUT2D eigenvalue weighted by molar-refractivity contribution is 0.0645. The molecule has 0 spiro atoms. The Labute approximate surface area is 158 Å². The first-order valence-corrected chi connectivity index (χ1v) is 9.10. The number of imidazole rings is 1. The van der Waals surface area contributed by atoms with Gasteiger partial charge in [0.2, 0.25) is 0 Å². The van der Waals surface area contributed by atoms with E-state index in [1.165, 1.54) is 5.56 Å². The number of aromatic nitrogens is 2. The fourth-order valence-electron chi connectivity index (χ4n) is 3.30. The van der Waals surface area contributed by atoms with E-state index >= 15 is 0 Å². The predicted octanol–water partition coefficient (Wildman–Crippen LogP) is 2.51. The molecule has 3 heterocycles. The van der Waals surface area contributed by atoms with E-state index in [9.17, 15) is 9.90 Å². The summed E-state index contributed by atoms with van der Waals surface area (Å²) in [7, 11) is 0. The average Bonchev–Trinajstić information content (AvgIpc) is 3.15. The molecule has 1 aromatic carbocycles. The number of hydrogen-bond acceptors (Lipinski definition) is 4. The lowest BCUT2D eigenvalue weighted by Crippen LogP contribution is -2.48. The predicted molar refractivity (Wildman–Crippen MR) is 105 cm³/mol. The third kappa shape index (κ3) is 3.85. The molecule has 2 aromatic heterocycles. The molecular formula is C21H22N4O2. The molecule has 6 nitrogen and oxygen atoms in total. The number of piperazine rings is 1. The second-order valence-corrected chi connectivity index (χ2v) is 6.66. The van der Waals surface area contributed by atoms with Crippen LogP contribution in [0.2, 0.25) is 0 Å². The monoisotopic (exact) mass is 362 g/mol. The first-order chi connectivity index (χ1) is 13.2. The first-order valence-electron chi connectivity index (χ1n) is 9.10. The number of hydrogen-bond donors (Lipinski definition) is 1. The molecule has 1 fully saturated rings.